The van der Waals surface area contributed by atoms with Gasteiger partial charge in [0.1, 0.15) is 11.5 Å². The molecule has 0 unspecified atom stereocenters. The number of ether oxygens (including phenoxy) is 2. The number of fused-ring (bicyclic) bond motifs is 3. The van der Waals surface area contributed by atoms with Crippen LogP contribution in [0.1, 0.15) is 35.6 Å². The Hall–Kier alpha value is -2.92. The first-order valence-electron chi connectivity index (χ1n) is 8.74. The van der Waals surface area contributed by atoms with Gasteiger partial charge in [0.15, 0.2) is 11.5 Å². The summed E-state index contributed by atoms with van der Waals surface area (Å²) >= 11 is 6.48. The van der Waals surface area contributed by atoms with Crippen molar-refractivity contribution in [3.8, 4) is 11.5 Å². The molecule has 0 saturated carbocycles. The molecule has 2 atom stereocenters. The summed E-state index contributed by atoms with van der Waals surface area (Å²) < 4.78 is 17.5. The number of hydrogen-bond acceptors (Lipinski definition) is 5. The molecule has 5 nitrogen and oxygen atoms in total. The van der Waals surface area contributed by atoms with E-state index in [1.165, 1.54) is 0 Å². The van der Waals surface area contributed by atoms with E-state index in [1.54, 1.807) is 13.4 Å². The molecular weight excluding hydrogens is 364 g/mol. The van der Waals surface area contributed by atoms with Gasteiger partial charge in [0.05, 0.1) is 19.4 Å². The summed E-state index contributed by atoms with van der Waals surface area (Å²) in [5.41, 5.74) is 2.80. The van der Waals surface area contributed by atoms with Crippen molar-refractivity contribution in [2.45, 2.75) is 18.7 Å². The number of nitrogens with zero attached hydrogens (tertiary/aromatic N) is 2. The Morgan fingerprint density at radius 3 is 2.70 bits per heavy atom. The number of hydrogen-bond donors (Lipinski definition) is 0. The van der Waals surface area contributed by atoms with Crippen molar-refractivity contribution in [2.75, 3.05) is 7.11 Å². The minimum atomic E-state index is -0.444. The van der Waals surface area contributed by atoms with Gasteiger partial charge in [0, 0.05) is 22.6 Å². The summed E-state index contributed by atoms with van der Waals surface area (Å²) in [7, 11) is 1.65. The monoisotopic (exact) mass is 380 g/mol. The molecule has 3 heterocycles. The SMILES string of the molecule is COc1cccc2c1O[C@H](c1ccccc1Cl)N1N=C(c3ccco3)C[C@H]21. The number of furan rings is 1. The molecule has 1 aromatic heterocycles. The fourth-order valence-electron chi connectivity index (χ4n) is 3.72. The Kier molecular flexibility index (Phi) is 3.83. The highest BCUT2D eigenvalue weighted by Gasteiger charge is 2.43. The van der Waals surface area contributed by atoms with Gasteiger partial charge in [0.25, 0.3) is 0 Å². The highest BCUT2D eigenvalue weighted by molar-refractivity contribution is 6.31. The van der Waals surface area contributed by atoms with E-state index in [0.717, 1.165) is 34.8 Å². The average Bonchev–Trinajstić information content (AvgIpc) is 3.37. The minimum Gasteiger partial charge on any atom is -0.493 e. The van der Waals surface area contributed by atoms with E-state index in [9.17, 15) is 0 Å². The molecule has 2 aromatic carbocycles. The van der Waals surface area contributed by atoms with E-state index in [0.29, 0.717) is 10.8 Å². The van der Waals surface area contributed by atoms with E-state index in [2.05, 4.69) is 6.07 Å². The fourth-order valence-corrected chi connectivity index (χ4v) is 3.95. The number of para-hydroxylation sites is 1. The normalized spacial score (nSPS) is 20.5. The second kappa shape index (κ2) is 6.35. The Morgan fingerprint density at radius 2 is 1.93 bits per heavy atom. The Bertz CT molecular complexity index is 1020. The first-order valence-corrected chi connectivity index (χ1v) is 9.11. The van der Waals surface area contributed by atoms with Gasteiger partial charge in [-0.1, -0.05) is 41.9 Å². The molecular formula is C21H17ClN2O3. The Labute approximate surface area is 161 Å². The molecule has 0 radical (unpaired) electrons. The predicted molar refractivity (Wildman–Crippen MR) is 102 cm³/mol. The summed E-state index contributed by atoms with van der Waals surface area (Å²) in [5, 5.41) is 7.45. The largest absolute Gasteiger partial charge is 0.493 e. The number of halogens is 1. The third-order valence-corrected chi connectivity index (χ3v) is 5.32. The van der Waals surface area contributed by atoms with Gasteiger partial charge in [0.2, 0.25) is 6.23 Å². The van der Waals surface area contributed by atoms with Crippen LogP contribution in [0.25, 0.3) is 0 Å². The number of benzene rings is 2. The van der Waals surface area contributed by atoms with Crippen molar-refractivity contribution >= 4 is 17.3 Å². The first-order chi connectivity index (χ1) is 13.3. The van der Waals surface area contributed by atoms with Crippen LogP contribution in [0.2, 0.25) is 5.02 Å². The Balaban J connectivity index is 1.66. The number of rotatable bonds is 3. The summed E-state index contributed by atoms with van der Waals surface area (Å²) in [6.07, 6.45) is 1.94. The van der Waals surface area contributed by atoms with Crippen LogP contribution in [0, 0.1) is 0 Å². The smallest absolute Gasteiger partial charge is 0.215 e. The van der Waals surface area contributed by atoms with Crippen LogP contribution in [0.15, 0.2) is 70.4 Å². The zero-order valence-electron chi connectivity index (χ0n) is 14.6. The van der Waals surface area contributed by atoms with Crippen molar-refractivity contribution in [3.05, 3.63) is 82.8 Å². The lowest BCUT2D eigenvalue weighted by molar-refractivity contribution is -0.0208. The van der Waals surface area contributed by atoms with E-state index < -0.39 is 6.23 Å². The van der Waals surface area contributed by atoms with Crippen LogP contribution in [-0.4, -0.2) is 17.8 Å². The fraction of sp³-hybridized carbons (Fsp3) is 0.190. The highest BCUT2D eigenvalue weighted by atomic mass is 35.5. The minimum absolute atomic E-state index is 0.0187. The van der Waals surface area contributed by atoms with Crippen molar-refractivity contribution in [1.82, 2.24) is 5.01 Å². The van der Waals surface area contributed by atoms with Gasteiger partial charge in [-0.15, -0.1) is 0 Å². The zero-order chi connectivity index (χ0) is 18.4. The summed E-state index contributed by atoms with van der Waals surface area (Å²) in [6.45, 7) is 0. The molecule has 0 bridgehead atoms. The van der Waals surface area contributed by atoms with Gasteiger partial charge in [-0.3, -0.25) is 0 Å². The summed E-state index contributed by atoms with van der Waals surface area (Å²) in [6, 6.07) is 17.4. The maximum atomic E-state index is 6.48. The molecule has 136 valence electrons. The first kappa shape index (κ1) is 16.3. The molecule has 0 aliphatic carbocycles. The van der Waals surface area contributed by atoms with Gasteiger partial charge in [-0.05, 0) is 24.3 Å². The quantitative estimate of drug-likeness (QED) is 0.627. The predicted octanol–water partition coefficient (Wildman–Crippen LogP) is 5.18. The maximum Gasteiger partial charge on any atom is 0.215 e. The molecule has 0 spiro atoms. The zero-order valence-corrected chi connectivity index (χ0v) is 15.4. The van der Waals surface area contributed by atoms with Crippen molar-refractivity contribution in [2.24, 2.45) is 5.10 Å². The van der Waals surface area contributed by atoms with E-state index in [1.807, 2.05) is 53.5 Å². The summed E-state index contributed by atoms with van der Waals surface area (Å²) in [4.78, 5) is 0. The van der Waals surface area contributed by atoms with E-state index >= 15 is 0 Å². The molecule has 2 aliphatic rings. The van der Waals surface area contributed by atoms with Crippen LogP contribution < -0.4 is 9.47 Å². The molecule has 3 aromatic rings. The number of hydrazone groups is 1. The molecule has 2 aliphatic heterocycles. The molecule has 6 heteroatoms. The molecule has 0 N–H and O–H groups in total. The van der Waals surface area contributed by atoms with Crippen molar-refractivity contribution in [1.29, 1.82) is 0 Å². The molecule has 0 fully saturated rings. The van der Waals surface area contributed by atoms with Gasteiger partial charge < -0.3 is 13.9 Å². The van der Waals surface area contributed by atoms with Crippen LogP contribution in [0.4, 0.5) is 0 Å². The molecule has 5 rings (SSSR count). The topological polar surface area (TPSA) is 47.2 Å². The van der Waals surface area contributed by atoms with Gasteiger partial charge in [-0.2, -0.15) is 5.10 Å². The van der Waals surface area contributed by atoms with Crippen LogP contribution in [0.5, 0.6) is 11.5 Å². The third-order valence-electron chi connectivity index (χ3n) is 4.98. The van der Waals surface area contributed by atoms with Gasteiger partial charge >= 0.3 is 0 Å². The molecule has 27 heavy (non-hydrogen) atoms. The molecule has 0 saturated heterocycles. The number of methoxy groups -OCH3 is 1. The van der Waals surface area contributed by atoms with Crippen molar-refractivity contribution < 1.29 is 13.9 Å². The van der Waals surface area contributed by atoms with Crippen LogP contribution >= 0.6 is 11.6 Å². The van der Waals surface area contributed by atoms with Gasteiger partial charge in [-0.25, -0.2) is 5.01 Å². The Morgan fingerprint density at radius 1 is 1.07 bits per heavy atom. The second-order valence-electron chi connectivity index (χ2n) is 6.49. The lowest BCUT2D eigenvalue weighted by Gasteiger charge is -2.38. The van der Waals surface area contributed by atoms with Crippen LogP contribution in [0.3, 0.4) is 0 Å². The van der Waals surface area contributed by atoms with E-state index in [-0.39, 0.29) is 6.04 Å². The standard InChI is InChI=1S/C21H17ClN2O3/c1-25-19-9-4-7-14-17-12-16(18-10-5-11-26-18)23-24(17)21(27-20(14)19)13-6-2-3-8-15(13)22/h2-11,17,21H,12H2,1H3/t17-,21-/m1/s1. The second-order valence-corrected chi connectivity index (χ2v) is 6.90. The van der Waals surface area contributed by atoms with Crippen molar-refractivity contribution in [3.63, 3.8) is 0 Å². The lowest BCUT2D eigenvalue weighted by Crippen LogP contribution is -2.34. The lowest BCUT2D eigenvalue weighted by atomic mass is 9.97. The third kappa shape index (κ3) is 2.58. The maximum absolute atomic E-state index is 6.48. The highest BCUT2D eigenvalue weighted by Crippen LogP contribution is 2.51. The average molecular weight is 381 g/mol. The van der Waals surface area contributed by atoms with E-state index in [4.69, 9.17) is 30.6 Å². The molecule has 0 amide bonds. The van der Waals surface area contributed by atoms with Crippen LogP contribution in [-0.2, 0) is 0 Å². The summed E-state index contributed by atoms with van der Waals surface area (Å²) in [5.74, 6) is 2.21.